The number of rotatable bonds is 5. The molecule has 1 aliphatic carbocycles. The maximum Gasteiger partial charge on any atom is 0.503 e. The zero-order valence-electron chi connectivity index (χ0n) is 15.8. The maximum atomic E-state index is 12.7. The van der Waals surface area contributed by atoms with E-state index in [0.29, 0.717) is 10.6 Å². The van der Waals surface area contributed by atoms with E-state index in [4.69, 9.17) is 21.4 Å². The molecular weight excluding hydrogens is 426 g/mol. The summed E-state index contributed by atoms with van der Waals surface area (Å²) in [6, 6.07) is 13.3. The molecular formula is C20H19N3O5S2. The van der Waals surface area contributed by atoms with Gasteiger partial charge in [-0.1, -0.05) is 43.2 Å². The van der Waals surface area contributed by atoms with Gasteiger partial charge in [0.05, 0.1) is 11.8 Å². The summed E-state index contributed by atoms with van der Waals surface area (Å²) in [5, 5.41) is 18.8. The standard InChI is InChI=1S/C19H17N3O2S2.CH2O3/c1-3-14-11-20-22(12-14)16-9-10-17(25-16)26(23,24)21-19-13(2)18(19)15-7-5-4-6-8-15;2-1(3)4/h1,4-13,18-19,21H,2H3;(H2,2,3,4)/t13-,18-,19+;/m1./s1. The average molecular weight is 446 g/mol. The van der Waals surface area contributed by atoms with Gasteiger partial charge in [0.15, 0.2) is 0 Å². The largest absolute Gasteiger partial charge is 0.503 e. The van der Waals surface area contributed by atoms with Crippen LogP contribution in [0.1, 0.15) is 24.0 Å². The number of nitrogens with one attached hydrogen (secondary N) is 1. The number of thiophene rings is 1. The highest BCUT2D eigenvalue weighted by Gasteiger charge is 2.49. The van der Waals surface area contributed by atoms with Gasteiger partial charge >= 0.3 is 6.16 Å². The Balaban J connectivity index is 0.000000589. The highest BCUT2D eigenvalue weighted by Crippen LogP contribution is 2.48. The van der Waals surface area contributed by atoms with Crippen molar-refractivity contribution in [2.75, 3.05) is 0 Å². The lowest BCUT2D eigenvalue weighted by Crippen LogP contribution is -2.27. The number of sulfonamides is 1. The van der Waals surface area contributed by atoms with E-state index in [2.05, 4.69) is 22.7 Å². The van der Waals surface area contributed by atoms with Crippen molar-refractivity contribution in [2.24, 2.45) is 5.92 Å². The minimum atomic E-state index is -3.57. The molecule has 1 aliphatic rings. The molecule has 1 saturated carbocycles. The molecule has 1 fully saturated rings. The molecule has 2 aromatic heterocycles. The summed E-state index contributed by atoms with van der Waals surface area (Å²) in [4.78, 5) is 8.56. The van der Waals surface area contributed by atoms with Crippen LogP contribution in [0.5, 0.6) is 0 Å². The fourth-order valence-electron chi connectivity index (χ4n) is 3.16. The Bertz CT molecular complexity index is 1170. The van der Waals surface area contributed by atoms with Crippen molar-refractivity contribution in [1.82, 2.24) is 14.5 Å². The van der Waals surface area contributed by atoms with E-state index in [1.54, 1.807) is 29.2 Å². The fourth-order valence-corrected chi connectivity index (χ4v) is 5.76. The van der Waals surface area contributed by atoms with Crippen molar-refractivity contribution in [3.05, 3.63) is 66.0 Å². The van der Waals surface area contributed by atoms with Crippen LogP contribution in [-0.4, -0.2) is 40.6 Å². The first-order valence-corrected chi connectivity index (χ1v) is 11.1. The number of nitrogens with zero attached hydrogens (tertiary/aromatic N) is 2. The van der Waals surface area contributed by atoms with Crippen LogP contribution in [0.2, 0.25) is 0 Å². The third-order valence-corrected chi connectivity index (χ3v) is 7.69. The second-order valence-corrected chi connectivity index (χ2v) is 9.64. The molecule has 1 aromatic carbocycles. The Kier molecular flexibility index (Phi) is 6.26. The second-order valence-electron chi connectivity index (χ2n) is 6.64. The molecule has 8 nitrogen and oxygen atoms in total. The smallest absolute Gasteiger partial charge is 0.450 e. The Hall–Kier alpha value is -3.13. The first-order chi connectivity index (χ1) is 14.2. The minimum Gasteiger partial charge on any atom is -0.450 e. The van der Waals surface area contributed by atoms with Crippen LogP contribution in [0.15, 0.2) is 59.1 Å². The van der Waals surface area contributed by atoms with Crippen LogP contribution >= 0.6 is 11.3 Å². The number of benzene rings is 1. The number of hydrogen-bond acceptors (Lipinski definition) is 5. The van der Waals surface area contributed by atoms with Crippen LogP contribution in [0.25, 0.3) is 5.00 Å². The highest BCUT2D eigenvalue weighted by atomic mass is 32.2. The van der Waals surface area contributed by atoms with Crippen molar-refractivity contribution >= 4 is 27.5 Å². The molecule has 4 rings (SSSR count). The van der Waals surface area contributed by atoms with Crippen molar-refractivity contribution in [2.45, 2.75) is 23.1 Å². The molecule has 0 saturated heterocycles. The van der Waals surface area contributed by atoms with Gasteiger partial charge in [0.2, 0.25) is 10.0 Å². The maximum absolute atomic E-state index is 12.7. The quantitative estimate of drug-likeness (QED) is 0.519. The van der Waals surface area contributed by atoms with E-state index < -0.39 is 16.2 Å². The van der Waals surface area contributed by atoms with Gasteiger partial charge in [0, 0.05) is 18.2 Å². The molecule has 2 heterocycles. The number of terminal acetylenes is 1. The molecule has 156 valence electrons. The number of carbonyl (C=O) groups is 1. The Morgan fingerprint density at radius 3 is 2.50 bits per heavy atom. The van der Waals surface area contributed by atoms with Gasteiger partial charge in [-0.15, -0.1) is 17.8 Å². The molecule has 0 spiro atoms. The highest BCUT2D eigenvalue weighted by molar-refractivity contribution is 7.91. The molecule has 10 heteroatoms. The third kappa shape index (κ3) is 4.88. The molecule has 30 heavy (non-hydrogen) atoms. The van der Waals surface area contributed by atoms with Crippen LogP contribution in [0.3, 0.4) is 0 Å². The van der Waals surface area contributed by atoms with Crippen molar-refractivity contribution in [3.63, 3.8) is 0 Å². The van der Waals surface area contributed by atoms with E-state index >= 15 is 0 Å². The first-order valence-electron chi connectivity index (χ1n) is 8.83. The number of carboxylic acid groups (broad SMARTS) is 2. The summed E-state index contributed by atoms with van der Waals surface area (Å²) in [5.74, 6) is 3.00. The average Bonchev–Trinajstić information content (AvgIpc) is 3.14. The topological polar surface area (TPSA) is 122 Å². The Morgan fingerprint density at radius 2 is 1.90 bits per heavy atom. The predicted molar refractivity (Wildman–Crippen MR) is 112 cm³/mol. The molecule has 0 radical (unpaired) electrons. The number of aromatic nitrogens is 2. The molecule has 3 aromatic rings. The van der Waals surface area contributed by atoms with Gasteiger partial charge in [-0.25, -0.2) is 22.6 Å². The third-order valence-electron chi connectivity index (χ3n) is 4.66. The molecule has 0 unspecified atom stereocenters. The molecule has 0 amide bonds. The molecule has 3 N–H and O–H groups in total. The lowest BCUT2D eigenvalue weighted by Gasteiger charge is -2.04. The van der Waals surface area contributed by atoms with Gasteiger partial charge < -0.3 is 10.2 Å². The van der Waals surface area contributed by atoms with E-state index in [9.17, 15) is 8.42 Å². The lowest BCUT2D eigenvalue weighted by atomic mass is 10.1. The van der Waals surface area contributed by atoms with Gasteiger partial charge in [-0.3, -0.25) is 0 Å². The Labute approximate surface area is 177 Å². The van der Waals surface area contributed by atoms with E-state index in [-0.39, 0.29) is 22.1 Å². The number of hydrogen-bond donors (Lipinski definition) is 3. The van der Waals surface area contributed by atoms with Crippen LogP contribution in [0.4, 0.5) is 4.79 Å². The van der Waals surface area contributed by atoms with Crippen LogP contribution in [-0.2, 0) is 10.0 Å². The van der Waals surface area contributed by atoms with Gasteiger partial charge in [-0.2, -0.15) is 5.10 Å². The summed E-state index contributed by atoms with van der Waals surface area (Å²) in [5.41, 5.74) is 1.82. The van der Waals surface area contributed by atoms with Crippen LogP contribution in [0, 0.1) is 18.3 Å². The second kappa shape index (κ2) is 8.71. The molecule has 0 aliphatic heterocycles. The zero-order valence-corrected chi connectivity index (χ0v) is 17.5. The summed E-state index contributed by atoms with van der Waals surface area (Å²) < 4.78 is 30.2. The lowest BCUT2D eigenvalue weighted by molar-refractivity contribution is 0.137. The normalized spacial score (nSPS) is 19.9. The van der Waals surface area contributed by atoms with Gasteiger partial charge in [0.1, 0.15) is 9.21 Å². The van der Waals surface area contributed by atoms with Crippen LogP contribution < -0.4 is 4.72 Å². The van der Waals surface area contributed by atoms with E-state index in [1.165, 1.54) is 11.3 Å². The van der Waals surface area contributed by atoms with Gasteiger partial charge in [0.25, 0.3) is 0 Å². The summed E-state index contributed by atoms with van der Waals surface area (Å²) in [6.07, 6.45) is 6.78. The summed E-state index contributed by atoms with van der Waals surface area (Å²) >= 11 is 1.17. The fraction of sp³-hybridized carbons (Fsp3) is 0.200. The van der Waals surface area contributed by atoms with Crippen molar-refractivity contribution < 1.29 is 23.4 Å². The summed E-state index contributed by atoms with van der Waals surface area (Å²) in [6.45, 7) is 2.07. The minimum absolute atomic E-state index is 0.0781. The van der Waals surface area contributed by atoms with E-state index in [1.807, 2.05) is 30.3 Å². The van der Waals surface area contributed by atoms with Crippen molar-refractivity contribution in [1.29, 1.82) is 0 Å². The molecule has 0 bridgehead atoms. The summed E-state index contributed by atoms with van der Waals surface area (Å²) in [7, 11) is -3.57. The van der Waals surface area contributed by atoms with E-state index in [0.717, 1.165) is 5.56 Å². The first kappa shape index (κ1) is 21.6. The zero-order chi connectivity index (χ0) is 21.9. The predicted octanol–water partition coefficient (Wildman–Crippen LogP) is 3.22. The van der Waals surface area contributed by atoms with Gasteiger partial charge in [-0.05, 0) is 23.6 Å². The van der Waals surface area contributed by atoms with Crippen molar-refractivity contribution in [3.8, 4) is 17.3 Å². The SMILES string of the molecule is C#Cc1cnn(-c2ccc(S(=O)(=O)N[C@H]3[C@H](C)[C@@H]3c3ccccc3)s2)c1.O=C(O)O. The Morgan fingerprint density at radius 1 is 1.23 bits per heavy atom. The molecule has 3 atom stereocenters. The monoisotopic (exact) mass is 445 g/mol.